The zero-order valence-corrected chi connectivity index (χ0v) is 29.1. The molecule has 5 aliphatic rings. The van der Waals surface area contributed by atoms with Crippen molar-refractivity contribution in [2.75, 3.05) is 82.0 Å². The topological polar surface area (TPSA) is 67.4 Å². The van der Waals surface area contributed by atoms with E-state index >= 15 is 0 Å². The van der Waals surface area contributed by atoms with E-state index in [0.29, 0.717) is 69.6 Å². The van der Waals surface area contributed by atoms with Gasteiger partial charge in [-0.3, -0.25) is 9.69 Å². The van der Waals surface area contributed by atoms with Crippen molar-refractivity contribution in [3.8, 4) is 0 Å². The molecule has 0 radical (unpaired) electrons. The monoisotopic (exact) mass is 661 g/mol. The summed E-state index contributed by atoms with van der Waals surface area (Å²) in [5.41, 5.74) is 6.05. The molecule has 1 aromatic rings. The van der Waals surface area contributed by atoms with Crippen molar-refractivity contribution in [2.24, 2.45) is 0 Å². The van der Waals surface area contributed by atoms with Crippen LogP contribution in [0.3, 0.4) is 0 Å². The predicted octanol–water partition coefficient (Wildman–Crippen LogP) is 5.43. The minimum Gasteiger partial charge on any atom is -0.368 e. The Morgan fingerprint density at radius 3 is 2.34 bits per heavy atom. The third-order valence-corrected chi connectivity index (χ3v) is 9.69. The summed E-state index contributed by atoms with van der Waals surface area (Å²) in [7, 11) is 0. The Hall–Kier alpha value is -3.09. The number of allylic oxidation sites excluding steroid dienone is 1. The van der Waals surface area contributed by atoms with Crippen LogP contribution in [0, 0.1) is 0 Å². The van der Waals surface area contributed by atoms with Gasteiger partial charge in [0.25, 0.3) is 6.43 Å². The Balaban J connectivity index is 0.00000120. The van der Waals surface area contributed by atoms with Crippen LogP contribution >= 0.6 is 0 Å². The van der Waals surface area contributed by atoms with Crippen LogP contribution in [0.4, 0.5) is 24.7 Å². The summed E-state index contributed by atoms with van der Waals surface area (Å²) in [6.07, 6.45) is 3.50. The highest BCUT2D eigenvalue weighted by atomic mass is 19.3. The summed E-state index contributed by atoms with van der Waals surface area (Å²) in [6.45, 7) is 21.5. The third-order valence-electron chi connectivity index (χ3n) is 9.69. The number of anilines is 2. The van der Waals surface area contributed by atoms with E-state index in [4.69, 9.17) is 4.74 Å². The smallest absolute Gasteiger partial charge is 0.281 e. The van der Waals surface area contributed by atoms with E-state index in [1.54, 1.807) is 12.2 Å². The number of alkyl halides is 3. The SMILES string of the molecule is C=CC(=O)N1CCN(C2CN(c3cc(N4CCC5(CC4)OCC(CF)N4NCC(C)=C45)nc(C(F)F)c3/C=C\C)C2)CC1.CC.CC. The van der Waals surface area contributed by atoms with E-state index in [1.807, 2.05) is 50.6 Å². The molecule has 0 aromatic carbocycles. The molecular weight excluding hydrogens is 607 g/mol. The maximum atomic E-state index is 14.5. The summed E-state index contributed by atoms with van der Waals surface area (Å²) in [5, 5.41) is 1.96. The Labute approximate surface area is 279 Å². The number of piperidine rings is 1. The van der Waals surface area contributed by atoms with Crippen LogP contribution in [0.5, 0.6) is 0 Å². The van der Waals surface area contributed by atoms with E-state index in [-0.39, 0.29) is 17.6 Å². The number of morpholine rings is 1. The lowest BCUT2D eigenvalue weighted by Crippen LogP contribution is -2.63. The summed E-state index contributed by atoms with van der Waals surface area (Å²) in [6, 6.07) is 1.93. The van der Waals surface area contributed by atoms with Gasteiger partial charge in [-0.15, -0.1) is 0 Å². The average Bonchev–Trinajstić information content (AvgIpc) is 3.49. The Bertz CT molecular complexity index is 1280. The van der Waals surface area contributed by atoms with E-state index in [9.17, 15) is 18.0 Å². The molecule has 1 amide bonds. The lowest BCUT2D eigenvalue weighted by molar-refractivity contribution is -0.128. The van der Waals surface area contributed by atoms with E-state index in [2.05, 4.69) is 38.6 Å². The van der Waals surface area contributed by atoms with Gasteiger partial charge in [0.05, 0.1) is 18.3 Å². The number of rotatable bonds is 7. The van der Waals surface area contributed by atoms with Gasteiger partial charge in [-0.1, -0.05) is 46.4 Å². The summed E-state index contributed by atoms with van der Waals surface area (Å²) < 4.78 is 49.0. The molecule has 1 aromatic heterocycles. The predicted molar refractivity (Wildman–Crippen MR) is 183 cm³/mol. The second-order valence-corrected chi connectivity index (χ2v) is 12.2. The molecule has 0 saturated carbocycles. The van der Waals surface area contributed by atoms with Gasteiger partial charge in [0, 0.05) is 82.3 Å². The molecule has 6 heterocycles. The fraction of sp³-hybridized carbons (Fsp3) is 0.657. The van der Waals surface area contributed by atoms with Gasteiger partial charge >= 0.3 is 0 Å². The molecule has 12 heteroatoms. The van der Waals surface area contributed by atoms with Crippen LogP contribution in [0.1, 0.15) is 72.1 Å². The Morgan fingerprint density at radius 2 is 1.77 bits per heavy atom. The van der Waals surface area contributed by atoms with Crippen LogP contribution < -0.4 is 15.2 Å². The first-order chi connectivity index (χ1) is 22.8. The number of carbonyl (C=O) groups excluding carboxylic acids is 1. The number of nitrogens with zero attached hydrogens (tertiary/aromatic N) is 6. The summed E-state index contributed by atoms with van der Waals surface area (Å²) in [5.74, 6) is 0.513. The number of ether oxygens (including phenoxy) is 1. The second-order valence-electron chi connectivity index (χ2n) is 12.2. The lowest BCUT2D eigenvalue weighted by Gasteiger charge is -2.51. The van der Waals surface area contributed by atoms with Crippen LogP contribution in [0.25, 0.3) is 6.08 Å². The quantitative estimate of drug-likeness (QED) is 0.389. The number of amides is 1. The van der Waals surface area contributed by atoms with E-state index in [0.717, 1.165) is 43.1 Å². The Kier molecular flexibility index (Phi) is 12.8. The lowest BCUT2D eigenvalue weighted by atomic mass is 9.84. The molecule has 0 aliphatic carbocycles. The first-order valence-corrected chi connectivity index (χ1v) is 17.3. The van der Waals surface area contributed by atoms with Gasteiger partial charge in [-0.2, -0.15) is 0 Å². The van der Waals surface area contributed by atoms with Crippen molar-refractivity contribution >= 4 is 23.5 Å². The number of nitrogens with one attached hydrogen (secondary N) is 1. The number of pyridine rings is 1. The molecule has 47 heavy (non-hydrogen) atoms. The van der Waals surface area contributed by atoms with Crippen LogP contribution in [0.15, 0.2) is 36.1 Å². The van der Waals surface area contributed by atoms with Crippen molar-refractivity contribution in [3.63, 3.8) is 0 Å². The normalized spacial score (nSPS) is 23.0. The number of hydrogen-bond donors (Lipinski definition) is 1. The number of hydrogen-bond acceptors (Lipinski definition) is 8. The number of aromatic nitrogens is 1. The minimum absolute atomic E-state index is 0.0403. The maximum Gasteiger partial charge on any atom is 0.281 e. The standard InChI is InChI=1S/C31H42F3N7O2.2C2H6/c1-4-6-24-25(40-18-23(19-40)37-11-13-39(14-12-37)27(42)5-2)15-26(36-28(24)30(33)34)38-9-7-31(8-10-38)29-21(3)17-35-41(29)22(16-32)20-43-31;2*1-2/h4-6,15,22-23,30,35H,2,7-14,16-20H2,1,3H3;2*1-2H3/b6-4-;;. The van der Waals surface area contributed by atoms with E-state index < -0.39 is 18.7 Å². The summed E-state index contributed by atoms with van der Waals surface area (Å²) in [4.78, 5) is 24.9. The fourth-order valence-electron chi connectivity index (χ4n) is 7.28. The molecule has 262 valence electrons. The van der Waals surface area contributed by atoms with Gasteiger partial charge in [0.1, 0.15) is 23.8 Å². The number of fused-ring (bicyclic) bond motifs is 2. The Morgan fingerprint density at radius 1 is 1.11 bits per heavy atom. The molecule has 1 N–H and O–H groups in total. The zero-order chi connectivity index (χ0) is 34.3. The third kappa shape index (κ3) is 7.34. The minimum atomic E-state index is -2.71. The first kappa shape index (κ1) is 36.7. The van der Waals surface area contributed by atoms with Gasteiger partial charge < -0.3 is 24.4 Å². The van der Waals surface area contributed by atoms with Gasteiger partial charge in [0.2, 0.25) is 5.91 Å². The van der Waals surface area contributed by atoms with Gasteiger partial charge in [-0.05, 0) is 38.3 Å². The average molecular weight is 662 g/mol. The molecule has 1 spiro atoms. The number of halogens is 3. The fourth-order valence-corrected chi connectivity index (χ4v) is 7.28. The largest absolute Gasteiger partial charge is 0.368 e. The van der Waals surface area contributed by atoms with Crippen molar-refractivity contribution in [1.82, 2.24) is 25.2 Å². The number of carbonyl (C=O) groups is 1. The molecule has 6 rings (SSSR count). The molecule has 9 nitrogen and oxygen atoms in total. The number of hydrazine groups is 1. The van der Waals surface area contributed by atoms with Crippen molar-refractivity contribution in [3.05, 3.63) is 47.3 Å². The molecule has 1 unspecified atom stereocenters. The molecular formula is C35H54F3N7O2. The molecule has 5 aliphatic heterocycles. The molecule has 4 saturated heterocycles. The van der Waals surface area contributed by atoms with Crippen LogP contribution in [0.2, 0.25) is 0 Å². The number of piperazine rings is 1. The van der Waals surface area contributed by atoms with Crippen LogP contribution in [-0.4, -0.2) is 116 Å². The second kappa shape index (κ2) is 16.3. The van der Waals surface area contributed by atoms with E-state index in [1.165, 1.54) is 6.08 Å². The zero-order valence-electron chi connectivity index (χ0n) is 29.1. The van der Waals surface area contributed by atoms with Crippen LogP contribution in [-0.2, 0) is 9.53 Å². The molecule has 0 bridgehead atoms. The molecule has 1 atom stereocenters. The highest BCUT2D eigenvalue weighted by Crippen LogP contribution is 2.44. The summed E-state index contributed by atoms with van der Waals surface area (Å²) >= 11 is 0. The van der Waals surface area contributed by atoms with Gasteiger partial charge in [0.15, 0.2) is 0 Å². The van der Waals surface area contributed by atoms with Crippen molar-refractivity contribution in [2.45, 2.75) is 78.5 Å². The van der Waals surface area contributed by atoms with Crippen molar-refractivity contribution in [1.29, 1.82) is 0 Å². The van der Waals surface area contributed by atoms with Crippen molar-refractivity contribution < 1.29 is 22.7 Å². The highest BCUT2D eigenvalue weighted by molar-refractivity contribution is 5.87. The van der Waals surface area contributed by atoms with Gasteiger partial charge in [-0.25, -0.2) is 23.6 Å². The first-order valence-electron chi connectivity index (χ1n) is 17.3. The maximum absolute atomic E-state index is 14.5. The highest BCUT2D eigenvalue weighted by Gasteiger charge is 2.50. The molecule has 4 fully saturated rings.